The van der Waals surface area contributed by atoms with Crippen molar-refractivity contribution in [1.29, 1.82) is 0 Å². The number of hydrogen-bond acceptors (Lipinski definition) is 2. The highest BCUT2D eigenvalue weighted by Crippen LogP contribution is 2.28. The second-order valence-electron chi connectivity index (χ2n) is 3.31. The topological polar surface area (TPSA) is 40.5 Å². The molecule has 0 heterocycles. The third-order valence-electron chi connectivity index (χ3n) is 2.41. The SMILES string of the molecule is OB(O)C1=CCC2C=CC=CC2=C1. The van der Waals surface area contributed by atoms with Crippen molar-refractivity contribution in [2.45, 2.75) is 6.42 Å². The van der Waals surface area contributed by atoms with Crippen LogP contribution in [-0.2, 0) is 0 Å². The van der Waals surface area contributed by atoms with Crippen LogP contribution in [-0.4, -0.2) is 17.2 Å². The van der Waals surface area contributed by atoms with Gasteiger partial charge in [0.2, 0.25) is 0 Å². The van der Waals surface area contributed by atoms with E-state index in [1.807, 2.05) is 30.4 Å². The van der Waals surface area contributed by atoms with E-state index in [2.05, 4.69) is 6.08 Å². The lowest BCUT2D eigenvalue weighted by molar-refractivity contribution is 0.420. The minimum Gasteiger partial charge on any atom is -0.423 e. The Balaban J connectivity index is 2.25. The summed E-state index contributed by atoms with van der Waals surface area (Å²) in [5.41, 5.74) is 1.76. The fourth-order valence-electron chi connectivity index (χ4n) is 1.66. The van der Waals surface area contributed by atoms with Gasteiger partial charge in [-0.1, -0.05) is 36.5 Å². The van der Waals surface area contributed by atoms with E-state index in [9.17, 15) is 0 Å². The van der Waals surface area contributed by atoms with Crippen LogP contribution < -0.4 is 0 Å². The van der Waals surface area contributed by atoms with Crippen molar-refractivity contribution in [3.8, 4) is 0 Å². The highest BCUT2D eigenvalue weighted by atomic mass is 16.4. The van der Waals surface area contributed by atoms with Crippen molar-refractivity contribution >= 4 is 7.12 Å². The molecule has 2 rings (SSSR count). The molecule has 3 heteroatoms. The van der Waals surface area contributed by atoms with Crippen LogP contribution in [0.15, 0.2) is 47.5 Å². The average Bonchev–Trinajstić information content (AvgIpc) is 2.17. The van der Waals surface area contributed by atoms with Crippen LogP contribution in [0.3, 0.4) is 0 Å². The first-order valence-corrected chi connectivity index (χ1v) is 4.40. The fourth-order valence-corrected chi connectivity index (χ4v) is 1.66. The van der Waals surface area contributed by atoms with E-state index in [0.29, 0.717) is 11.4 Å². The molecule has 1 unspecified atom stereocenters. The molecule has 0 saturated carbocycles. The number of fused-ring (bicyclic) bond motifs is 1. The summed E-state index contributed by atoms with van der Waals surface area (Å²) < 4.78 is 0. The van der Waals surface area contributed by atoms with Crippen molar-refractivity contribution in [2.75, 3.05) is 0 Å². The Morgan fingerprint density at radius 3 is 2.92 bits per heavy atom. The Bertz CT molecular complexity index is 324. The first kappa shape index (κ1) is 8.54. The van der Waals surface area contributed by atoms with Crippen molar-refractivity contribution in [2.24, 2.45) is 5.92 Å². The van der Waals surface area contributed by atoms with E-state index in [-0.39, 0.29) is 0 Å². The minimum atomic E-state index is -1.34. The molecule has 0 aromatic carbocycles. The molecule has 2 aliphatic carbocycles. The van der Waals surface area contributed by atoms with Gasteiger partial charge < -0.3 is 10.0 Å². The van der Waals surface area contributed by atoms with Crippen LogP contribution in [0.1, 0.15) is 6.42 Å². The minimum absolute atomic E-state index is 0.424. The molecule has 0 saturated heterocycles. The van der Waals surface area contributed by atoms with Gasteiger partial charge in [-0.25, -0.2) is 0 Å². The average molecular weight is 174 g/mol. The maximum Gasteiger partial charge on any atom is 0.488 e. The van der Waals surface area contributed by atoms with Gasteiger partial charge in [0.15, 0.2) is 0 Å². The Morgan fingerprint density at radius 2 is 2.15 bits per heavy atom. The molecule has 2 N–H and O–H groups in total. The van der Waals surface area contributed by atoms with E-state index in [1.165, 1.54) is 0 Å². The van der Waals surface area contributed by atoms with Crippen LogP contribution >= 0.6 is 0 Å². The molecule has 0 radical (unpaired) electrons. The van der Waals surface area contributed by atoms with Gasteiger partial charge in [0, 0.05) is 5.92 Å². The first-order valence-electron chi connectivity index (χ1n) is 4.40. The molecule has 13 heavy (non-hydrogen) atoms. The molecular weight excluding hydrogens is 163 g/mol. The lowest BCUT2D eigenvalue weighted by Gasteiger charge is -2.20. The molecule has 0 amide bonds. The zero-order valence-corrected chi connectivity index (χ0v) is 7.22. The lowest BCUT2D eigenvalue weighted by atomic mass is 9.72. The standard InChI is InChI=1S/C10H11BO2/c12-11(13)10-6-5-8-3-1-2-4-9(8)7-10/h1-4,6-8,12-13H,5H2. The van der Waals surface area contributed by atoms with Crippen molar-refractivity contribution in [1.82, 2.24) is 0 Å². The first-order chi connectivity index (χ1) is 6.27. The van der Waals surface area contributed by atoms with Crippen molar-refractivity contribution < 1.29 is 10.0 Å². The van der Waals surface area contributed by atoms with Gasteiger partial charge in [0.25, 0.3) is 0 Å². The molecule has 2 nitrogen and oxygen atoms in total. The smallest absolute Gasteiger partial charge is 0.423 e. The van der Waals surface area contributed by atoms with Gasteiger partial charge >= 0.3 is 7.12 Å². The third-order valence-corrected chi connectivity index (χ3v) is 2.41. The Hall–Kier alpha value is -1.06. The van der Waals surface area contributed by atoms with Crippen molar-refractivity contribution in [3.63, 3.8) is 0 Å². The Kier molecular flexibility index (Phi) is 2.21. The quantitative estimate of drug-likeness (QED) is 0.582. The van der Waals surface area contributed by atoms with E-state index in [0.717, 1.165) is 12.0 Å². The molecule has 0 bridgehead atoms. The molecule has 0 aliphatic heterocycles. The van der Waals surface area contributed by atoms with Crippen LogP contribution in [0.4, 0.5) is 0 Å². The monoisotopic (exact) mass is 174 g/mol. The lowest BCUT2D eigenvalue weighted by Crippen LogP contribution is -2.18. The number of allylic oxidation sites excluding steroid dienone is 8. The summed E-state index contributed by atoms with van der Waals surface area (Å²) in [6.07, 6.45) is 12.7. The summed E-state index contributed by atoms with van der Waals surface area (Å²) in [6.45, 7) is 0. The zero-order chi connectivity index (χ0) is 9.26. The number of hydrogen-bond donors (Lipinski definition) is 2. The molecule has 66 valence electrons. The molecule has 0 spiro atoms. The van der Waals surface area contributed by atoms with Crippen LogP contribution in [0.5, 0.6) is 0 Å². The van der Waals surface area contributed by atoms with E-state index >= 15 is 0 Å². The fraction of sp³-hybridized carbons (Fsp3) is 0.200. The molecule has 1 atom stereocenters. The molecule has 2 aliphatic rings. The van der Waals surface area contributed by atoms with Gasteiger partial charge in [-0.3, -0.25) is 0 Å². The largest absolute Gasteiger partial charge is 0.488 e. The highest BCUT2D eigenvalue weighted by Gasteiger charge is 2.20. The second kappa shape index (κ2) is 3.36. The van der Waals surface area contributed by atoms with Crippen LogP contribution in [0, 0.1) is 5.92 Å². The van der Waals surface area contributed by atoms with E-state index in [4.69, 9.17) is 10.0 Å². The summed E-state index contributed by atoms with van der Waals surface area (Å²) in [7, 11) is -1.34. The van der Waals surface area contributed by atoms with E-state index < -0.39 is 7.12 Å². The normalized spacial score (nSPS) is 24.9. The summed E-state index contributed by atoms with van der Waals surface area (Å²) in [5.74, 6) is 0.424. The predicted octanol–water partition coefficient (Wildman–Crippen LogP) is 0.997. The second-order valence-corrected chi connectivity index (χ2v) is 3.31. The summed E-state index contributed by atoms with van der Waals surface area (Å²) in [5, 5.41) is 17.9. The Morgan fingerprint density at radius 1 is 1.31 bits per heavy atom. The summed E-state index contributed by atoms with van der Waals surface area (Å²) in [4.78, 5) is 0. The van der Waals surface area contributed by atoms with Crippen LogP contribution in [0.25, 0.3) is 0 Å². The maximum absolute atomic E-state index is 8.97. The van der Waals surface area contributed by atoms with Gasteiger partial charge in [0.05, 0.1) is 0 Å². The number of rotatable bonds is 1. The third kappa shape index (κ3) is 1.66. The van der Waals surface area contributed by atoms with Gasteiger partial charge in [-0.15, -0.1) is 0 Å². The van der Waals surface area contributed by atoms with Gasteiger partial charge in [0.1, 0.15) is 0 Å². The van der Waals surface area contributed by atoms with Gasteiger partial charge in [-0.2, -0.15) is 0 Å². The predicted molar refractivity (Wildman–Crippen MR) is 52.7 cm³/mol. The highest BCUT2D eigenvalue weighted by molar-refractivity contribution is 6.51. The molecular formula is C10H11BO2. The summed E-state index contributed by atoms with van der Waals surface area (Å²) in [6, 6.07) is 0. The van der Waals surface area contributed by atoms with E-state index in [1.54, 1.807) is 0 Å². The molecule has 0 fully saturated rings. The Labute approximate surface area is 77.7 Å². The zero-order valence-electron chi connectivity index (χ0n) is 7.22. The van der Waals surface area contributed by atoms with Gasteiger partial charge in [-0.05, 0) is 17.5 Å². The van der Waals surface area contributed by atoms with Crippen molar-refractivity contribution in [3.05, 3.63) is 47.5 Å². The van der Waals surface area contributed by atoms with Crippen LogP contribution in [0.2, 0.25) is 0 Å². The molecule has 0 aromatic heterocycles. The summed E-state index contributed by atoms with van der Waals surface area (Å²) >= 11 is 0. The molecule has 0 aromatic rings. The maximum atomic E-state index is 8.97.